The van der Waals surface area contributed by atoms with Crippen LogP contribution in [0.25, 0.3) is 0 Å². The summed E-state index contributed by atoms with van der Waals surface area (Å²) in [6.45, 7) is 5.44. The molecule has 0 heterocycles. The Balaban J connectivity index is 1.79. The molecule has 0 aromatic heterocycles. The highest BCUT2D eigenvalue weighted by molar-refractivity contribution is 5.73. The van der Waals surface area contributed by atoms with Crippen molar-refractivity contribution < 1.29 is 14.6 Å². The summed E-state index contributed by atoms with van der Waals surface area (Å²) < 4.78 is 5.69. The van der Waals surface area contributed by atoms with Crippen molar-refractivity contribution in [2.45, 2.75) is 45.7 Å². The molecule has 1 aliphatic rings. The highest BCUT2D eigenvalue weighted by Gasteiger charge is 2.22. The average Bonchev–Trinajstić information content (AvgIpc) is 3.26. The smallest absolute Gasteiger partial charge is 0.320 e. The summed E-state index contributed by atoms with van der Waals surface area (Å²) in [5.41, 5.74) is 1.07. The normalized spacial score (nSPS) is 16.0. The van der Waals surface area contributed by atoms with Crippen molar-refractivity contribution in [1.29, 1.82) is 0 Å². The van der Waals surface area contributed by atoms with Crippen molar-refractivity contribution in [1.82, 2.24) is 5.32 Å². The summed E-state index contributed by atoms with van der Waals surface area (Å²) in [7, 11) is 0. The first-order valence-electron chi connectivity index (χ1n) is 7.72. The zero-order valence-electron chi connectivity index (χ0n) is 12.8. The number of carbonyl (C=O) groups is 1. The van der Waals surface area contributed by atoms with Crippen LogP contribution in [-0.2, 0) is 11.3 Å². The van der Waals surface area contributed by atoms with Gasteiger partial charge in [0.25, 0.3) is 0 Å². The fourth-order valence-corrected chi connectivity index (χ4v) is 2.19. The maximum atomic E-state index is 11.2. The number of aliphatic carboxylic acids is 1. The molecule has 1 unspecified atom stereocenters. The lowest BCUT2D eigenvalue weighted by atomic mass is 10.0. The van der Waals surface area contributed by atoms with E-state index in [9.17, 15) is 9.90 Å². The number of rotatable bonds is 9. The summed E-state index contributed by atoms with van der Waals surface area (Å²) in [5.74, 6) is 1.21. The Kier molecular flexibility index (Phi) is 5.62. The van der Waals surface area contributed by atoms with Crippen molar-refractivity contribution in [2.75, 3.05) is 6.61 Å². The van der Waals surface area contributed by atoms with Crippen LogP contribution < -0.4 is 10.1 Å². The van der Waals surface area contributed by atoms with Crippen LogP contribution in [0.5, 0.6) is 5.75 Å². The van der Waals surface area contributed by atoms with Gasteiger partial charge in [0.05, 0.1) is 6.61 Å². The lowest BCUT2D eigenvalue weighted by Crippen LogP contribution is -2.37. The van der Waals surface area contributed by atoms with E-state index in [-0.39, 0.29) is 0 Å². The minimum absolute atomic E-state index is 0.358. The summed E-state index contributed by atoms with van der Waals surface area (Å²) in [4.78, 5) is 11.2. The van der Waals surface area contributed by atoms with E-state index in [0.29, 0.717) is 18.9 Å². The summed E-state index contributed by atoms with van der Waals surface area (Å²) in [5, 5.41) is 12.3. The topological polar surface area (TPSA) is 58.6 Å². The van der Waals surface area contributed by atoms with Gasteiger partial charge in [-0.2, -0.15) is 0 Å². The SMILES string of the molecule is CC(C)CC(NCc1ccc(OCC2CC2)cc1)C(=O)O. The van der Waals surface area contributed by atoms with Gasteiger partial charge in [0.1, 0.15) is 11.8 Å². The van der Waals surface area contributed by atoms with Gasteiger partial charge in [-0.1, -0.05) is 26.0 Å². The first-order chi connectivity index (χ1) is 10.0. The van der Waals surface area contributed by atoms with Gasteiger partial charge in [-0.25, -0.2) is 0 Å². The zero-order chi connectivity index (χ0) is 15.2. The van der Waals surface area contributed by atoms with Crippen molar-refractivity contribution in [3.8, 4) is 5.75 Å². The number of ether oxygens (including phenoxy) is 1. The molecule has 21 heavy (non-hydrogen) atoms. The van der Waals surface area contributed by atoms with Gasteiger partial charge in [-0.05, 0) is 48.8 Å². The second kappa shape index (κ2) is 7.46. The second-order valence-electron chi connectivity index (χ2n) is 6.30. The predicted molar refractivity (Wildman–Crippen MR) is 82.4 cm³/mol. The van der Waals surface area contributed by atoms with E-state index in [0.717, 1.165) is 23.8 Å². The molecule has 0 aliphatic heterocycles. The van der Waals surface area contributed by atoms with Crippen LogP contribution in [0, 0.1) is 11.8 Å². The van der Waals surface area contributed by atoms with Gasteiger partial charge in [0.15, 0.2) is 0 Å². The van der Waals surface area contributed by atoms with Gasteiger partial charge >= 0.3 is 5.97 Å². The van der Waals surface area contributed by atoms with Crippen LogP contribution in [0.2, 0.25) is 0 Å². The molecule has 0 saturated heterocycles. The molecule has 1 fully saturated rings. The molecule has 0 bridgehead atoms. The number of carboxylic acid groups (broad SMARTS) is 1. The van der Waals surface area contributed by atoms with Crippen LogP contribution in [-0.4, -0.2) is 23.7 Å². The molecule has 4 heteroatoms. The maximum absolute atomic E-state index is 11.2. The van der Waals surface area contributed by atoms with Gasteiger partial charge in [-0.3, -0.25) is 4.79 Å². The first-order valence-corrected chi connectivity index (χ1v) is 7.72. The van der Waals surface area contributed by atoms with E-state index in [4.69, 9.17) is 4.74 Å². The van der Waals surface area contributed by atoms with Gasteiger partial charge in [0.2, 0.25) is 0 Å². The number of nitrogens with one attached hydrogen (secondary N) is 1. The molecule has 1 aromatic rings. The molecule has 1 aromatic carbocycles. The highest BCUT2D eigenvalue weighted by Crippen LogP contribution is 2.29. The zero-order valence-corrected chi connectivity index (χ0v) is 12.8. The number of benzene rings is 1. The molecule has 1 atom stereocenters. The largest absolute Gasteiger partial charge is 0.493 e. The van der Waals surface area contributed by atoms with Gasteiger partial charge in [0, 0.05) is 6.54 Å². The van der Waals surface area contributed by atoms with Crippen molar-refractivity contribution >= 4 is 5.97 Å². The Hall–Kier alpha value is -1.55. The monoisotopic (exact) mass is 291 g/mol. The number of hydrogen-bond donors (Lipinski definition) is 2. The third-order valence-electron chi connectivity index (χ3n) is 3.66. The van der Waals surface area contributed by atoms with E-state index >= 15 is 0 Å². The predicted octanol–water partition coefficient (Wildman–Crippen LogP) is 3.06. The molecular weight excluding hydrogens is 266 g/mol. The van der Waals surface area contributed by atoms with Crippen molar-refractivity contribution in [3.05, 3.63) is 29.8 Å². The Labute approximate surface area is 126 Å². The lowest BCUT2D eigenvalue weighted by molar-refractivity contribution is -0.140. The van der Waals surface area contributed by atoms with Crippen LogP contribution in [0.15, 0.2) is 24.3 Å². The number of carboxylic acids is 1. The molecule has 0 amide bonds. The van der Waals surface area contributed by atoms with Crippen LogP contribution in [0.3, 0.4) is 0 Å². The van der Waals surface area contributed by atoms with E-state index in [1.165, 1.54) is 12.8 Å². The quantitative estimate of drug-likeness (QED) is 0.734. The first kappa shape index (κ1) is 15.8. The minimum atomic E-state index is -0.784. The Morgan fingerprint density at radius 1 is 1.33 bits per heavy atom. The molecule has 1 aliphatic carbocycles. The van der Waals surface area contributed by atoms with Gasteiger partial charge in [-0.15, -0.1) is 0 Å². The third-order valence-corrected chi connectivity index (χ3v) is 3.66. The fraction of sp³-hybridized carbons (Fsp3) is 0.588. The van der Waals surface area contributed by atoms with Crippen LogP contribution >= 0.6 is 0 Å². The molecule has 116 valence electrons. The summed E-state index contributed by atoms with van der Waals surface area (Å²) >= 11 is 0. The van der Waals surface area contributed by atoms with Crippen molar-refractivity contribution in [2.24, 2.45) is 11.8 Å². The van der Waals surface area contributed by atoms with Crippen LogP contribution in [0.1, 0.15) is 38.7 Å². The third kappa shape index (κ3) is 5.76. The van der Waals surface area contributed by atoms with E-state index in [1.54, 1.807) is 0 Å². The molecule has 2 N–H and O–H groups in total. The maximum Gasteiger partial charge on any atom is 0.320 e. The Morgan fingerprint density at radius 3 is 2.52 bits per heavy atom. The minimum Gasteiger partial charge on any atom is -0.493 e. The molecule has 4 nitrogen and oxygen atoms in total. The highest BCUT2D eigenvalue weighted by atomic mass is 16.5. The second-order valence-corrected chi connectivity index (χ2v) is 6.30. The van der Waals surface area contributed by atoms with Crippen LogP contribution in [0.4, 0.5) is 0 Å². The molecule has 0 spiro atoms. The molecule has 2 rings (SSSR count). The summed E-state index contributed by atoms with van der Waals surface area (Å²) in [6.07, 6.45) is 3.21. The molecular formula is C17H25NO3. The molecule has 1 saturated carbocycles. The molecule has 0 radical (unpaired) electrons. The Morgan fingerprint density at radius 2 is 2.00 bits per heavy atom. The fourth-order valence-electron chi connectivity index (χ4n) is 2.19. The van der Waals surface area contributed by atoms with Crippen molar-refractivity contribution in [3.63, 3.8) is 0 Å². The van der Waals surface area contributed by atoms with Gasteiger partial charge < -0.3 is 15.2 Å². The average molecular weight is 291 g/mol. The standard InChI is InChI=1S/C17H25NO3/c1-12(2)9-16(17(19)20)18-10-13-5-7-15(8-6-13)21-11-14-3-4-14/h5-8,12,14,16,18H,3-4,9-11H2,1-2H3,(H,19,20). The van der Waals surface area contributed by atoms with E-state index in [2.05, 4.69) is 5.32 Å². The van der Waals surface area contributed by atoms with E-state index < -0.39 is 12.0 Å². The summed E-state index contributed by atoms with van der Waals surface area (Å²) in [6, 6.07) is 7.40. The lowest BCUT2D eigenvalue weighted by Gasteiger charge is -2.16. The number of hydrogen-bond acceptors (Lipinski definition) is 3. The van der Waals surface area contributed by atoms with E-state index in [1.807, 2.05) is 38.1 Å². The Bertz CT molecular complexity index is 452.